The van der Waals surface area contributed by atoms with Gasteiger partial charge in [-0.25, -0.2) is 4.98 Å². The summed E-state index contributed by atoms with van der Waals surface area (Å²) in [5.74, 6) is -0.125. The maximum absolute atomic E-state index is 12.2. The Balaban J connectivity index is 1.51. The summed E-state index contributed by atoms with van der Waals surface area (Å²) in [4.78, 5) is 19.1. The molecule has 1 aromatic heterocycles. The van der Waals surface area contributed by atoms with Gasteiger partial charge in [-0.1, -0.05) is 0 Å². The molecule has 2 aliphatic heterocycles. The van der Waals surface area contributed by atoms with Crippen LogP contribution in [-0.4, -0.2) is 59.8 Å². The normalized spacial score (nSPS) is 31.3. The average Bonchev–Trinajstić information content (AvgIpc) is 3.15. The van der Waals surface area contributed by atoms with Crippen molar-refractivity contribution in [3.05, 3.63) is 11.1 Å². The topological polar surface area (TPSA) is 89.7 Å². The summed E-state index contributed by atoms with van der Waals surface area (Å²) in [5, 5.41) is 5.49. The summed E-state index contributed by atoms with van der Waals surface area (Å²) in [6.07, 6.45) is 1.62. The largest absolute Gasteiger partial charge is 0.373 e. The minimum absolute atomic E-state index is 0.00194. The number of morpholine rings is 1. The van der Waals surface area contributed by atoms with Crippen molar-refractivity contribution in [1.82, 2.24) is 9.88 Å². The standard InChI is InChI=1S/C16H26N4O3S/c1-10-6-20(7-11(2)22-10)8-12-9-24-16(18-12)19-15(21)14-4-3-13(5-17)23-14/h9-11,13-14H,3-8,17H2,1-2H3,(H,18,19,21)/t10?,11?,13-,14+/m1/s1. The van der Waals surface area contributed by atoms with E-state index in [1.54, 1.807) is 0 Å². The summed E-state index contributed by atoms with van der Waals surface area (Å²) < 4.78 is 11.4. The second-order valence-corrected chi connectivity index (χ2v) is 7.50. The van der Waals surface area contributed by atoms with E-state index < -0.39 is 6.10 Å². The van der Waals surface area contributed by atoms with E-state index in [1.807, 2.05) is 5.38 Å². The van der Waals surface area contributed by atoms with E-state index in [9.17, 15) is 4.79 Å². The van der Waals surface area contributed by atoms with Crippen molar-refractivity contribution in [2.24, 2.45) is 5.73 Å². The highest BCUT2D eigenvalue weighted by Gasteiger charge is 2.30. The second-order valence-electron chi connectivity index (χ2n) is 6.64. The van der Waals surface area contributed by atoms with Crippen LogP contribution in [0, 0.1) is 0 Å². The molecule has 3 heterocycles. The molecule has 0 spiro atoms. The number of carbonyl (C=O) groups excluding carboxylic acids is 1. The summed E-state index contributed by atoms with van der Waals surface area (Å²) in [6, 6.07) is 0. The molecule has 8 heteroatoms. The van der Waals surface area contributed by atoms with Crippen LogP contribution in [0.1, 0.15) is 32.4 Å². The summed E-state index contributed by atoms with van der Waals surface area (Å²) in [7, 11) is 0. The number of nitrogens with one attached hydrogen (secondary N) is 1. The van der Waals surface area contributed by atoms with Crippen molar-refractivity contribution < 1.29 is 14.3 Å². The van der Waals surface area contributed by atoms with Gasteiger partial charge < -0.3 is 15.2 Å². The smallest absolute Gasteiger partial charge is 0.255 e. The minimum Gasteiger partial charge on any atom is -0.373 e. The van der Waals surface area contributed by atoms with Crippen LogP contribution in [0.4, 0.5) is 5.13 Å². The van der Waals surface area contributed by atoms with Crippen molar-refractivity contribution in [2.45, 2.75) is 57.6 Å². The number of ether oxygens (including phenoxy) is 2. The molecule has 1 aromatic rings. The zero-order valence-corrected chi connectivity index (χ0v) is 15.1. The molecule has 134 valence electrons. The first-order valence-electron chi connectivity index (χ1n) is 8.52. The lowest BCUT2D eigenvalue weighted by Gasteiger charge is -2.34. The first-order chi connectivity index (χ1) is 11.5. The van der Waals surface area contributed by atoms with E-state index >= 15 is 0 Å². The zero-order chi connectivity index (χ0) is 17.1. The summed E-state index contributed by atoms with van der Waals surface area (Å²) >= 11 is 1.45. The van der Waals surface area contributed by atoms with Gasteiger partial charge >= 0.3 is 0 Å². The maximum atomic E-state index is 12.2. The minimum atomic E-state index is -0.410. The molecule has 4 atom stereocenters. The molecule has 24 heavy (non-hydrogen) atoms. The molecular formula is C16H26N4O3S. The third kappa shape index (κ3) is 4.52. The van der Waals surface area contributed by atoms with Crippen molar-refractivity contribution in [3.63, 3.8) is 0 Å². The number of anilines is 1. The molecule has 7 nitrogen and oxygen atoms in total. The number of aromatic nitrogens is 1. The Morgan fingerprint density at radius 3 is 2.79 bits per heavy atom. The lowest BCUT2D eigenvalue weighted by Crippen LogP contribution is -2.44. The Labute approximate surface area is 146 Å². The number of rotatable bonds is 5. The third-order valence-corrected chi connectivity index (χ3v) is 5.13. The van der Waals surface area contributed by atoms with Crippen LogP contribution in [0.3, 0.4) is 0 Å². The summed E-state index contributed by atoms with van der Waals surface area (Å²) in [6.45, 7) is 7.22. The van der Waals surface area contributed by atoms with Gasteiger partial charge in [0.1, 0.15) is 6.10 Å². The fourth-order valence-electron chi connectivity index (χ4n) is 3.34. The van der Waals surface area contributed by atoms with E-state index in [4.69, 9.17) is 15.2 Å². The average molecular weight is 354 g/mol. The molecule has 0 aliphatic carbocycles. The Morgan fingerprint density at radius 2 is 2.12 bits per heavy atom. The molecular weight excluding hydrogens is 328 g/mol. The first-order valence-corrected chi connectivity index (χ1v) is 9.40. The number of amides is 1. The highest BCUT2D eigenvalue weighted by Crippen LogP contribution is 2.23. The molecule has 2 aliphatic rings. The Morgan fingerprint density at radius 1 is 1.38 bits per heavy atom. The number of carbonyl (C=O) groups is 1. The predicted octanol–water partition coefficient (Wildman–Crippen LogP) is 1.20. The van der Waals surface area contributed by atoms with Gasteiger partial charge in [0.15, 0.2) is 5.13 Å². The molecule has 0 radical (unpaired) electrons. The first kappa shape index (κ1) is 17.8. The quantitative estimate of drug-likeness (QED) is 0.826. The van der Waals surface area contributed by atoms with Gasteiger partial charge in [0, 0.05) is 31.6 Å². The molecule has 0 saturated carbocycles. The van der Waals surface area contributed by atoms with Crippen molar-refractivity contribution in [2.75, 3.05) is 25.0 Å². The molecule has 0 bridgehead atoms. The molecule has 2 unspecified atom stereocenters. The van der Waals surface area contributed by atoms with Crippen LogP contribution in [0.5, 0.6) is 0 Å². The lowest BCUT2D eigenvalue weighted by molar-refractivity contribution is -0.126. The van der Waals surface area contributed by atoms with Crippen LogP contribution in [0.15, 0.2) is 5.38 Å². The van der Waals surface area contributed by atoms with E-state index in [1.165, 1.54) is 11.3 Å². The molecule has 1 amide bonds. The number of hydrogen-bond donors (Lipinski definition) is 2. The summed E-state index contributed by atoms with van der Waals surface area (Å²) in [5.41, 5.74) is 6.56. The molecule has 3 N–H and O–H groups in total. The Bertz CT molecular complexity index is 557. The van der Waals surface area contributed by atoms with Gasteiger partial charge in [0.2, 0.25) is 0 Å². The van der Waals surface area contributed by atoms with E-state index in [0.717, 1.165) is 38.2 Å². The van der Waals surface area contributed by atoms with E-state index in [-0.39, 0.29) is 24.2 Å². The van der Waals surface area contributed by atoms with Gasteiger partial charge in [-0.15, -0.1) is 11.3 Å². The highest BCUT2D eigenvalue weighted by molar-refractivity contribution is 7.13. The molecule has 0 aromatic carbocycles. The van der Waals surface area contributed by atoms with Crippen molar-refractivity contribution in [3.8, 4) is 0 Å². The van der Waals surface area contributed by atoms with Gasteiger partial charge in [-0.3, -0.25) is 15.0 Å². The molecule has 2 fully saturated rings. The Kier molecular flexibility index (Phi) is 5.83. The molecule has 2 saturated heterocycles. The van der Waals surface area contributed by atoms with Gasteiger partial charge in [-0.05, 0) is 26.7 Å². The highest BCUT2D eigenvalue weighted by atomic mass is 32.1. The third-order valence-electron chi connectivity index (χ3n) is 4.33. The zero-order valence-electron chi connectivity index (χ0n) is 14.2. The van der Waals surface area contributed by atoms with Crippen LogP contribution in [-0.2, 0) is 20.8 Å². The van der Waals surface area contributed by atoms with E-state index in [2.05, 4.69) is 29.0 Å². The second kappa shape index (κ2) is 7.88. The van der Waals surface area contributed by atoms with Crippen LogP contribution in [0.25, 0.3) is 0 Å². The number of nitrogens with zero attached hydrogens (tertiary/aromatic N) is 2. The number of thiazole rings is 1. The number of hydrogen-bond acceptors (Lipinski definition) is 7. The van der Waals surface area contributed by atoms with Crippen LogP contribution < -0.4 is 11.1 Å². The monoisotopic (exact) mass is 354 g/mol. The fourth-order valence-corrected chi connectivity index (χ4v) is 4.04. The number of nitrogens with two attached hydrogens (primary N) is 1. The Hall–Kier alpha value is -1.06. The van der Waals surface area contributed by atoms with Gasteiger partial charge in [0.05, 0.1) is 24.0 Å². The maximum Gasteiger partial charge on any atom is 0.255 e. The fraction of sp³-hybridized carbons (Fsp3) is 0.750. The van der Waals surface area contributed by atoms with Crippen molar-refractivity contribution in [1.29, 1.82) is 0 Å². The van der Waals surface area contributed by atoms with Crippen LogP contribution >= 0.6 is 11.3 Å². The van der Waals surface area contributed by atoms with Gasteiger partial charge in [0.25, 0.3) is 5.91 Å². The predicted molar refractivity (Wildman–Crippen MR) is 93.0 cm³/mol. The van der Waals surface area contributed by atoms with Crippen LogP contribution in [0.2, 0.25) is 0 Å². The van der Waals surface area contributed by atoms with Gasteiger partial charge in [-0.2, -0.15) is 0 Å². The van der Waals surface area contributed by atoms with E-state index in [0.29, 0.717) is 11.7 Å². The lowest BCUT2D eigenvalue weighted by atomic mass is 10.2. The van der Waals surface area contributed by atoms with Crippen molar-refractivity contribution >= 4 is 22.4 Å². The SMILES string of the molecule is CC1CN(Cc2csc(NC(=O)[C@@H]3CC[C@H](CN)O3)n2)CC(C)O1. The molecule has 3 rings (SSSR count).